The van der Waals surface area contributed by atoms with Crippen LogP contribution in [0, 0.1) is 0 Å². The molecule has 198 valence electrons. The van der Waals surface area contributed by atoms with E-state index in [4.69, 9.17) is 14.6 Å². The lowest BCUT2D eigenvalue weighted by Gasteiger charge is -2.35. The number of ether oxygens (including phenoxy) is 2. The van der Waals surface area contributed by atoms with Crippen molar-refractivity contribution in [3.63, 3.8) is 0 Å². The summed E-state index contributed by atoms with van der Waals surface area (Å²) < 4.78 is 11.6. The Morgan fingerprint density at radius 3 is 2.47 bits per heavy atom. The van der Waals surface area contributed by atoms with Crippen LogP contribution in [-0.4, -0.2) is 47.0 Å². The molecule has 0 bridgehead atoms. The van der Waals surface area contributed by atoms with Crippen molar-refractivity contribution in [3.8, 4) is 11.5 Å². The topological polar surface area (TPSA) is 122 Å². The van der Waals surface area contributed by atoms with E-state index in [1.807, 2.05) is 0 Å². The molecule has 2 fully saturated rings. The summed E-state index contributed by atoms with van der Waals surface area (Å²) in [7, 11) is 1.49. The largest absolute Gasteiger partial charge is 0.493 e. The number of methoxy groups -OCH3 is 1. The first-order chi connectivity index (χ1) is 18.3. The summed E-state index contributed by atoms with van der Waals surface area (Å²) in [5.74, 6) is -1.48. The summed E-state index contributed by atoms with van der Waals surface area (Å²) in [6, 6.07) is 8.90. The van der Waals surface area contributed by atoms with Gasteiger partial charge in [0.15, 0.2) is 11.5 Å². The summed E-state index contributed by atoms with van der Waals surface area (Å²) in [5, 5.41) is 11.4. The maximum absolute atomic E-state index is 13.3. The molecule has 4 rings (SSSR count). The van der Waals surface area contributed by atoms with Crippen molar-refractivity contribution < 1.29 is 33.8 Å². The van der Waals surface area contributed by atoms with Crippen LogP contribution in [0.2, 0.25) is 0 Å². The van der Waals surface area contributed by atoms with Crippen LogP contribution in [-0.2, 0) is 22.6 Å². The van der Waals surface area contributed by atoms with Crippen LogP contribution in [0.3, 0.4) is 0 Å². The predicted molar refractivity (Wildman–Crippen MR) is 140 cm³/mol. The van der Waals surface area contributed by atoms with Crippen molar-refractivity contribution in [3.05, 3.63) is 76.9 Å². The summed E-state index contributed by atoms with van der Waals surface area (Å²) in [5.41, 5.74) is 2.09. The number of carboxylic acid groups (broad SMARTS) is 1. The van der Waals surface area contributed by atoms with Crippen LogP contribution in [0.25, 0.3) is 6.08 Å². The van der Waals surface area contributed by atoms with Gasteiger partial charge in [-0.25, -0.2) is 9.59 Å². The minimum atomic E-state index is -1.01. The highest BCUT2D eigenvalue weighted by Crippen LogP contribution is 2.35. The number of carbonyl (C=O) groups excluding carboxylic acids is 3. The molecular weight excluding hydrogens is 488 g/mol. The molecule has 2 N–H and O–H groups in total. The number of imide groups is 2. The molecule has 1 aliphatic carbocycles. The van der Waals surface area contributed by atoms with E-state index in [1.165, 1.54) is 30.2 Å². The van der Waals surface area contributed by atoms with Crippen LogP contribution in [0.4, 0.5) is 4.79 Å². The van der Waals surface area contributed by atoms with Crippen LogP contribution in [0.15, 0.2) is 54.6 Å². The SMILES string of the molecule is C=CCc1cc(C=C2C(=O)NC(=O)N(C3CCCCC3)C2=O)cc(OC)c1OCc1ccc(C(=O)O)cc1. The lowest BCUT2D eigenvalue weighted by molar-refractivity contribution is -0.132. The summed E-state index contributed by atoms with van der Waals surface area (Å²) in [4.78, 5) is 50.7. The number of urea groups is 1. The van der Waals surface area contributed by atoms with Crippen LogP contribution >= 0.6 is 0 Å². The molecule has 0 aromatic heterocycles. The Hall–Kier alpha value is -4.40. The number of nitrogens with one attached hydrogen (secondary N) is 1. The number of barbiturate groups is 1. The molecule has 1 saturated heterocycles. The van der Waals surface area contributed by atoms with E-state index in [0.717, 1.165) is 43.2 Å². The summed E-state index contributed by atoms with van der Waals surface area (Å²) in [6.45, 7) is 3.97. The van der Waals surface area contributed by atoms with E-state index >= 15 is 0 Å². The van der Waals surface area contributed by atoms with E-state index in [1.54, 1.807) is 30.3 Å². The van der Waals surface area contributed by atoms with Crippen molar-refractivity contribution in [1.82, 2.24) is 10.2 Å². The number of aromatic carboxylic acids is 1. The molecule has 9 nitrogen and oxygen atoms in total. The molecule has 38 heavy (non-hydrogen) atoms. The first-order valence-corrected chi connectivity index (χ1v) is 12.5. The standard InChI is InChI=1S/C29H30N2O7/c1-3-7-21-14-19(15-23-26(32)30-29(36)31(27(23)33)22-8-5-4-6-9-22)16-24(37-2)25(21)38-17-18-10-12-20(13-11-18)28(34)35/h3,10-16,22H,1,4-9,17H2,2H3,(H,34,35)(H,30,32,36). The molecule has 1 heterocycles. The zero-order valence-corrected chi connectivity index (χ0v) is 21.2. The predicted octanol–water partition coefficient (Wildman–Crippen LogP) is 4.50. The third kappa shape index (κ3) is 5.77. The summed E-state index contributed by atoms with van der Waals surface area (Å²) in [6.07, 6.45) is 7.96. The Balaban J connectivity index is 1.63. The molecule has 1 aliphatic heterocycles. The fourth-order valence-electron chi connectivity index (χ4n) is 4.80. The number of carboxylic acids is 1. The zero-order chi connectivity index (χ0) is 27.2. The summed E-state index contributed by atoms with van der Waals surface area (Å²) >= 11 is 0. The van der Waals surface area contributed by atoms with Crippen LogP contribution in [0.5, 0.6) is 11.5 Å². The fraction of sp³-hybridized carbons (Fsp3) is 0.310. The molecule has 2 aromatic rings. The van der Waals surface area contributed by atoms with Gasteiger partial charge in [0.1, 0.15) is 12.2 Å². The van der Waals surface area contributed by atoms with Crippen molar-refractivity contribution in [2.75, 3.05) is 7.11 Å². The average molecular weight is 519 g/mol. The van der Waals surface area contributed by atoms with Gasteiger partial charge >= 0.3 is 12.0 Å². The number of rotatable bonds is 9. The molecule has 2 aliphatic rings. The highest BCUT2D eigenvalue weighted by Gasteiger charge is 2.40. The second-order valence-corrected chi connectivity index (χ2v) is 9.28. The molecular formula is C29H30N2O7. The van der Waals surface area contributed by atoms with E-state index < -0.39 is 23.8 Å². The van der Waals surface area contributed by atoms with Gasteiger partial charge in [-0.1, -0.05) is 37.5 Å². The number of benzene rings is 2. The zero-order valence-electron chi connectivity index (χ0n) is 21.2. The minimum absolute atomic E-state index is 0.117. The first-order valence-electron chi connectivity index (χ1n) is 12.5. The molecule has 9 heteroatoms. The fourth-order valence-corrected chi connectivity index (χ4v) is 4.80. The Morgan fingerprint density at radius 1 is 1.13 bits per heavy atom. The van der Waals surface area contributed by atoms with E-state index in [9.17, 15) is 19.2 Å². The number of allylic oxidation sites excluding steroid dienone is 1. The maximum Gasteiger partial charge on any atom is 0.335 e. The molecule has 0 radical (unpaired) electrons. The van der Waals surface area contributed by atoms with Gasteiger partial charge in [0, 0.05) is 11.6 Å². The maximum atomic E-state index is 13.3. The van der Waals surface area contributed by atoms with Crippen LogP contribution in [0.1, 0.15) is 59.2 Å². The van der Waals surface area contributed by atoms with Gasteiger partial charge in [-0.2, -0.15) is 0 Å². The Labute approximate surface area is 220 Å². The van der Waals surface area contributed by atoms with Crippen molar-refractivity contribution >= 4 is 29.9 Å². The van der Waals surface area contributed by atoms with Gasteiger partial charge in [-0.3, -0.25) is 19.8 Å². The van der Waals surface area contributed by atoms with Crippen molar-refractivity contribution in [2.24, 2.45) is 0 Å². The number of amides is 4. The number of carbonyl (C=O) groups is 4. The third-order valence-corrected chi connectivity index (χ3v) is 6.71. The third-order valence-electron chi connectivity index (χ3n) is 6.71. The molecule has 0 atom stereocenters. The first kappa shape index (κ1) is 26.7. The van der Waals surface area contributed by atoms with Gasteiger partial charge < -0.3 is 14.6 Å². The molecule has 2 aromatic carbocycles. The molecule has 0 spiro atoms. The number of hydrogen-bond donors (Lipinski definition) is 2. The highest BCUT2D eigenvalue weighted by molar-refractivity contribution is 6.31. The number of nitrogens with zero attached hydrogens (tertiary/aromatic N) is 1. The van der Waals surface area contributed by atoms with Gasteiger partial charge in [0.05, 0.1) is 12.7 Å². The molecule has 0 unspecified atom stereocenters. The minimum Gasteiger partial charge on any atom is -0.493 e. The lowest BCUT2D eigenvalue weighted by atomic mass is 9.93. The second kappa shape index (κ2) is 11.8. The second-order valence-electron chi connectivity index (χ2n) is 9.28. The van der Waals surface area contributed by atoms with Gasteiger partial charge in [0.25, 0.3) is 11.8 Å². The Morgan fingerprint density at radius 2 is 1.84 bits per heavy atom. The smallest absolute Gasteiger partial charge is 0.335 e. The molecule has 1 saturated carbocycles. The Bertz CT molecular complexity index is 1290. The van der Waals surface area contributed by atoms with Gasteiger partial charge in [0.2, 0.25) is 0 Å². The Kier molecular flexibility index (Phi) is 8.25. The number of hydrogen-bond acceptors (Lipinski definition) is 6. The average Bonchev–Trinajstić information content (AvgIpc) is 2.91. The van der Waals surface area contributed by atoms with E-state index in [2.05, 4.69) is 11.9 Å². The van der Waals surface area contributed by atoms with Crippen molar-refractivity contribution in [2.45, 2.75) is 51.2 Å². The van der Waals surface area contributed by atoms with Gasteiger partial charge in [-0.15, -0.1) is 6.58 Å². The van der Waals surface area contributed by atoms with Crippen molar-refractivity contribution in [1.29, 1.82) is 0 Å². The quantitative estimate of drug-likeness (QED) is 0.285. The van der Waals surface area contributed by atoms with E-state index in [0.29, 0.717) is 23.5 Å². The van der Waals surface area contributed by atoms with Crippen LogP contribution < -0.4 is 14.8 Å². The highest BCUT2D eigenvalue weighted by atomic mass is 16.5. The normalized spacial score (nSPS) is 17.3. The lowest BCUT2D eigenvalue weighted by Crippen LogP contribution is -2.58. The van der Waals surface area contributed by atoms with E-state index in [-0.39, 0.29) is 23.8 Å². The molecule has 4 amide bonds. The van der Waals surface area contributed by atoms with Gasteiger partial charge in [-0.05, 0) is 60.7 Å². The monoisotopic (exact) mass is 518 g/mol.